The van der Waals surface area contributed by atoms with Gasteiger partial charge in [0.25, 0.3) is 0 Å². The van der Waals surface area contributed by atoms with Crippen LogP contribution in [0, 0.1) is 11.7 Å². The Balaban J connectivity index is 2.01. The van der Waals surface area contributed by atoms with E-state index in [2.05, 4.69) is 11.8 Å². The zero-order chi connectivity index (χ0) is 13.0. The third-order valence-electron chi connectivity index (χ3n) is 3.97. The van der Waals surface area contributed by atoms with Gasteiger partial charge in [-0.05, 0) is 48.6 Å². The van der Waals surface area contributed by atoms with E-state index < -0.39 is 0 Å². The number of nitrogens with two attached hydrogens (primary N) is 1. The molecule has 0 amide bonds. The molecule has 1 saturated carbocycles. The number of halogens is 1. The molecule has 100 valence electrons. The van der Waals surface area contributed by atoms with E-state index in [0.29, 0.717) is 6.54 Å². The molecule has 1 fully saturated rings. The Morgan fingerprint density at radius 3 is 2.67 bits per heavy atom. The molecule has 1 aromatic rings. The van der Waals surface area contributed by atoms with Crippen molar-refractivity contribution in [3.05, 3.63) is 35.1 Å². The molecule has 0 bridgehead atoms. The SMILES string of the molecule is CCN(Cc1ccc(F)cc1CN)CC1CCC1. The molecule has 0 heterocycles. The summed E-state index contributed by atoms with van der Waals surface area (Å²) in [7, 11) is 0. The highest BCUT2D eigenvalue weighted by atomic mass is 19.1. The molecule has 0 atom stereocenters. The normalized spacial score (nSPS) is 16.0. The lowest BCUT2D eigenvalue weighted by Crippen LogP contribution is -2.32. The summed E-state index contributed by atoms with van der Waals surface area (Å²) in [4.78, 5) is 2.44. The minimum atomic E-state index is -0.193. The third-order valence-corrected chi connectivity index (χ3v) is 3.97. The van der Waals surface area contributed by atoms with Crippen LogP contribution in [0.2, 0.25) is 0 Å². The van der Waals surface area contributed by atoms with E-state index in [0.717, 1.165) is 31.1 Å². The molecule has 2 N–H and O–H groups in total. The van der Waals surface area contributed by atoms with Gasteiger partial charge in [0.2, 0.25) is 0 Å². The molecule has 1 aliphatic carbocycles. The first-order valence-corrected chi connectivity index (χ1v) is 6.92. The second kappa shape index (κ2) is 6.30. The summed E-state index contributed by atoms with van der Waals surface area (Å²) in [6, 6.07) is 4.97. The van der Waals surface area contributed by atoms with Gasteiger partial charge in [-0.3, -0.25) is 4.90 Å². The van der Waals surface area contributed by atoms with Gasteiger partial charge < -0.3 is 5.73 Å². The number of benzene rings is 1. The van der Waals surface area contributed by atoms with Crippen LogP contribution < -0.4 is 5.73 Å². The number of rotatable bonds is 6. The highest BCUT2D eigenvalue weighted by Gasteiger charge is 2.20. The van der Waals surface area contributed by atoms with Crippen LogP contribution in [0.4, 0.5) is 4.39 Å². The van der Waals surface area contributed by atoms with Crippen LogP contribution in [0.3, 0.4) is 0 Å². The summed E-state index contributed by atoms with van der Waals surface area (Å²) >= 11 is 0. The fourth-order valence-electron chi connectivity index (χ4n) is 2.53. The van der Waals surface area contributed by atoms with Crippen LogP contribution in [0.1, 0.15) is 37.3 Å². The van der Waals surface area contributed by atoms with Crippen molar-refractivity contribution < 1.29 is 4.39 Å². The van der Waals surface area contributed by atoms with Crippen molar-refractivity contribution in [3.8, 4) is 0 Å². The molecule has 0 aliphatic heterocycles. The summed E-state index contributed by atoms with van der Waals surface area (Å²) in [6.07, 6.45) is 4.11. The van der Waals surface area contributed by atoms with Gasteiger partial charge in [-0.1, -0.05) is 19.4 Å². The van der Waals surface area contributed by atoms with Crippen molar-refractivity contribution in [2.24, 2.45) is 11.7 Å². The van der Waals surface area contributed by atoms with Gasteiger partial charge in [0.1, 0.15) is 5.82 Å². The Morgan fingerprint density at radius 1 is 1.33 bits per heavy atom. The Morgan fingerprint density at radius 2 is 2.11 bits per heavy atom. The van der Waals surface area contributed by atoms with E-state index in [9.17, 15) is 4.39 Å². The van der Waals surface area contributed by atoms with Crippen molar-refractivity contribution in [2.45, 2.75) is 39.3 Å². The fourth-order valence-corrected chi connectivity index (χ4v) is 2.53. The molecule has 0 radical (unpaired) electrons. The first-order chi connectivity index (χ1) is 8.72. The van der Waals surface area contributed by atoms with Gasteiger partial charge in [0, 0.05) is 19.6 Å². The molecule has 18 heavy (non-hydrogen) atoms. The molecule has 1 aliphatic rings. The van der Waals surface area contributed by atoms with E-state index in [4.69, 9.17) is 5.73 Å². The molecular formula is C15H23FN2. The topological polar surface area (TPSA) is 29.3 Å². The van der Waals surface area contributed by atoms with Crippen molar-refractivity contribution in [1.29, 1.82) is 0 Å². The fraction of sp³-hybridized carbons (Fsp3) is 0.600. The largest absolute Gasteiger partial charge is 0.326 e. The summed E-state index contributed by atoms with van der Waals surface area (Å²) < 4.78 is 13.2. The van der Waals surface area contributed by atoms with Crippen LogP contribution >= 0.6 is 0 Å². The van der Waals surface area contributed by atoms with Gasteiger partial charge >= 0.3 is 0 Å². The smallest absolute Gasteiger partial charge is 0.123 e. The molecular weight excluding hydrogens is 227 g/mol. The number of hydrogen-bond donors (Lipinski definition) is 1. The minimum Gasteiger partial charge on any atom is -0.326 e. The second-order valence-corrected chi connectivity index (χ2v) is 5.24. The molecule has 2 rings (SSSR count). The lowest BCUT2D eigenvalue weighted by molar-refractivity contribution is 0.178. The summed E-state index contributed by atoms with van der Waals surface area (Å²) in [5.41, 5.74) is 7.79. The molecule has 0 aromatic heterocycles. The van der Waals surface area contributed by atoms with Crippen molar-refractivity contribution in [3.63, 3.8) is 0 Å². The van der Waals surface area contributed by atoms with E-state index in [1.807, 2.05) is 6.07 Å². The predicted octanol–water partition coefficient (Wildman–Crippen LogP) is 2.91. The van der Waals surface area contributed by atoms with Crippen molar-refractivity contribution in [2.75, 3.05) is 13.1 Å². The standard InChI is InChI=1S/C15H23FN2/c1-2-18(10-12-4-3-5-12)11-13-6-7-15(16)8-14(13)9-17/h6-8,12H,2-5,9-11,17H2,1H3. The van der Waals surface area contributed by atoms with Crippen LogP contribution in [0.5, 0.6) is 0 Å². The van der Waals surface area contributed by atoms with E-state index in [1.54, 1.807) is 6.07 Å². The molecule has 1 aromatic carbocycles. The van der Waals surface area contributed by atoms with E-state index >= 15 is 0 Å². The van der Waals surface area contributed by atoms with Gasteiger partial charge in [-0.2, -0.15) is 0 Å². The molecule has 0 saturated heterocycles. The van der Waals surface area contributed by atoms with Crippen LogP contribution in [0.25, 0.3) is 0 Å². The second-order valence-electron chi connectivity index (χ2n) is 5.24. The Labute approximate surface area is 109 Å². The Bertz CT molecular complexity index is 388. The van der Waals surface area contributed by atoms with E-state index in [-0.39, 0.29) is 5.82 Å². The summed E-state index contributed by atoms with van der Waals surface area (Å²) in [5.74, 6) is 0.674. The molecule has 3 heteroatoms. The number of nitrogens with zero attached hydrogens (tertiary/aromatic N) is 1. The summed E-state index contributed by atoms with van der Waals surface area (Å²) in [6.45, 7) is 5.69. The lowest BCUT2D eigenvalue weighted by Gasteiger charge is -2.32. The van der Waals surface area contributed by atoms with Crippen LogP contribution in [0.15, 0.2) is 18.2 Å². The first-order valence-electron chi connectivity index (χ1n) is 6.92. The summed E-state index contributed by atoms with van der Waals surface area (Å²) in [5, 5.41) is 0. The minimum absolute atomic E-state index is 0.193. The van der Waals surface area contributed by atoms with E-state index in [1.165, 1.54) is 30.9 Å². The Kier molecular flexibility index (Phi) is 4.72. The van der Waals surface area contributed by atoms with Crippen LogP contribution in [-0.2, 0) is 13.1 Å². The Hall–Kier alpha value is -0.930. The monoisotopic (exact) mass is 250 g/mol. The van der Waals surface area contributed by atoms with Crippen molar-refractivity contribution in [1.82, 2.24) is 4.90 Å². The lowest BCUT2D eigenvalue weighted by atomic mass is 9.85. The zero-order valence-electron chi connectivity index (χ0n) is 11.2. The highest BCUT2D eigenvalue weighted by Crippen LogP contribution is 2.27. The average Bonchev–Trinajstić information content (AvgIpc) is 2.33. The third kappa shape index (κ3) is 3.30. The average molecular weight is 250 g/mol. The molecule has 0 unspecified atom stereocenters. The number of hydrogen-bond acceptors (Lipinski definition) is 2. The maximum Gasteiger partial charge on any atom is 0.123 e. The highest BCUT2D eigenvalue weighted by molar-refractivity contribution is 5.27. The van der Waals surface area contributed by atoms with Crippen LogP contribution in [-0.4, -0.2) is 18.0 Å². The zero-order valence-corrected chi connectivity index (χ0v) is 11.2. The molecule has 0 spiro atoms. The maximum absolute atomic E-state index is 13.2. The van der Waals surface area contributed by atoms with Gasteiger partial charge in [0.15, 0.2) is 0 Å². The van der Waals surface area contributed by atoms with Crippen molar-refractivity contribution >= 4 is 0 Å². The first kappa shape index (κ1) is 13.5. The predicted molar refractivity (Wildman–Crippen MR) is 72.6 cm³/mol. The quantitative estimate of drug-likeness (QED) is 0.841. The maximum atomic E-state index is 13.2. The van der Waals surface area contributed by atoms with Gasteiger partial charge in [0.05, 0.1) is 0 Å². The van der Waals surface area contributed by atoms with Gasteiger partial charge in [-0.15, -0.1) is 0 Å². The van der Waals surface area contributed by atoms with Gasteiger partial charge in [-0.25, -0.2) is 4.39 Å². The molecule has 2 nitrogen and oxygen atoms in total.